The Morgan fingerprint density at radius 3 is 2.81 bits per heavy atom. The molecular weight excluding hydrogens is 412 g/mol. The van der Waals surface area contributed by atoms with Crippen LogP contribution in [0, 0.1) is 5.92 Å². The molecule has 1 aliphatic carbocycles. The number of rotatable bonds is 6. The first kappa shape index (κ1) is 18.3. The number of aliphatic hydroxyl groups is 2. The van der Waals surface area contributed by atoms with E-state index in [2.05, 4.69) is 31.2 Å². The SMILES string of the molecule is CC(C)(O)C(O)c1cccnc1Oc1ccc2c(nnn2CC2CC2)c1Br. The van der Waals surface area contributed by atoms with Crippen LogP contribution < -0.4 is 4.74 Å². The third-order valence-corrected chi connectivity index (χ3v) is 5.46. The Bertz CT molecular complexity index is 979. The zero-order chi connectivity index (χ0) is 19.2. The summed E-state index contributed by atoms with van der Waals surface area (Å²) in [5.41, 5.74) is 0.746. The van der Waals surface area contributed by atoms with Crippen LogP contribution in [-0.4, -0.2) is 35.8 Å². The van der Waals surface area contributed by atoms with E-state index in [0.717, 1.165) is 12.1 Å². The standard InChI is InChI=1S/C19H21BrN4O3/c1-19(2,26)17(25)12-4-3-9-21-18(12)27-14-8-7-13-16(15(14)20)22-23-24(13)10-11-5-6-11/h3-4,7-9,11,17,25-26H,5-6,10H2,1-2H3. The first-order valence-corrected chi connectivity index (χ1v) is 9.69. The summed E-state index contributed by atoms with van der Waals surface area (Å²) in [5, 5.41) is 29.1. The van der Waals surface area contributed by atoms with Gasteiger partial charge < -0.3 is 14.9 Å². The predicted molar refractivity (Wildman–Crippen MR) is 104 cm³/mol. The molecule has 1 unspecified atom stereocenters. The molecule has 1 atom stereocenters. The molecule has 1 aromatic carbocycles. The summed E-state index contributed by atoms with van der Waals surface area (Å²) in [6, 6.07) is 7.13. The summed E-state index contributed by atoms with van der Waals surface area (Å²) in [6.07, 6.45) is 2.93. The van der Waals surface area contributed by atoms with Crippen LogP contribution in [0.1, 0.15) is 38.4 Å². The van der Waals surface area contributed by atoms with Gasteiger partial charge in [0.1, 0.15) is 17.4 Å². The molecule has 0 bridgehead atoms. The lowest BCUT2D eigenvalue weighted by Gasteiger charge is -2.25. The van der Waals surface area contributed by atoms with E-state index in [1.165, 1.54) is 26.7 Å². The zero-order valence-corrected chi connectivity index (χ0v) is 16.7. The van der Waals surface area contributed by atoms with E-state index in [4.69, 9.17) is 4.74 Å². The number of aromatic nitrogens is 4. The monoisotopic (exact) mass is 432 g/mol. The lowest BCUT2D eigenvalue weighted by Crippen LogP contribution is -2.29. The lowest BCUT2D eigenvalue weighted by molar-refractivity contribution is -0.0506. The van der Waals surface area contributed by atoms with Gasteiger partial charge in [-0.1, -0.05) is 5.21 Å². The number of hydrogen-bond donors (Lipinski definition) is 2. The molecule has 0 spiro atoms. The third-order valence-electron chi connectivity index (χ3n) is 4.69. The number of aliphatic hydroxyl groups excluding tert-OH is 1. The lowest BCUT2D eigenvalue weighted by atomic mass is 9.96. The molecular formula is C19H21BrN4O3. The van der Waals surface area contributed by atoms with Crippen LogP contribution in [0.5, 0.6) is 11.6 Å². The highest BCUT2D eigenvalue weighted by Gasteiger charge is 2.30. The van der Waals surface area contributed by atoms with E-state index in [1.54, 1.807) is 18.3 Å². The predicted octanol–water partition coefficient (Wildman–Crippen LogP) is 3.60. The molecule has 1 fully saturated rings. The number of hydrogen-bond acceptors (Lipinski definition) is 6. The van der Waals surface area contributed by atoms with E-state index >= 15 is 0 Å². The molecule has 27 heavy (non-hydrogen) atoms. The van der Waals surface area contributed by atoms with Gasteiger partial charge in [-0.15, -0.1) is 5.10 Å². The van der Waals surface area contributed by atoms with Crippen LogP contribution in [-0.2, 0) is 6.54 Å². The van der Waals surface area contributed by atoms with E-state index in [1.807, 2.05) is 16.8 Å². The number of halogens is 1. The van der Waals surface area contributed by atoms with Gasteiger partial charge in [0.05, 0.1) is 15.6 Å². The van der Waals surface area contributed by atoms with Crippen LogP contribution in [0.3, 0.4) is 0 Å². The molecule has 7 nitrogen and oxygen atoms in total. The van der Waals surface area contributed by atoms with Crippen LogP contribution >= 0.6 is 15.9 Å². The van der Waals surface area contributed by atoms with Gasteiger partial charge in [0.25, 0.3) is 0 Å². The first-order chi connectivity index (χ1) is 12.8. The van der Waals surface area contributed by atoms with Crippen LogP contribution in [0.25, 0.3) is 11.0 Å². The second-order valence-electron chi connectivity index (χ2n) is 7.52. The smallest absolute Gasteiger partial charge is 0.225 e. The summed E-state index contributed by atoms with van der Waals surface area (Å²) in [4.78, 5) is 4.23. The molecule has 4 rings (SSSR count). The van der Waals surface area contributed by atoms with E-state index < -0.39 is 11.7 Å². The molecule has 0 amide bonds. The highest BCUT2D eigenvalue weighted by molar-refractivity contribution is 9.10. The zero-order valence-electron chi connectivity index (χ0n) is 15.1. The van der Waals surface area contributed by atoms with Gasteiger partial charge in [-0.25, -0.2) is 9.67 Å². The van der Waals surface area contributed by atoms with Gasteiger partial charge in [-0.05, 0) is 72.8 Å². The first-order valence-electron chi connectivity index (χ1n) is 8.89. The maximum absolute atomic E-state index is 10.4. The Labute approximate surface area is 165 Å². The Kier molecular flexibility index (Phi) is 4.65. The van der Waals surface area contributed by atoms with Crippen molar-refractivity contribution in [2.24, 2.45) is 5.92 Å². The molecule has 0 aliphatic heterocycles. The van der Waals surface area contributed by atoms with Crippen LogP contribution in [0.15, 0.2) is 34.9 Å². The fourth-order valence-corrected chi connectivity index (χ4v) is 3.42. The molecule has 8 heteroatoms. The van der Waals surface area contributed by atoms with Gasteiger partial charge >= 0.3 is 0 Å². The summed E-state index contributed by atoms with van der Waals surface area (Å²) < 4.78 is 8.56. The fourth-order valence-electron chi connectivity index (χ4n) is 2.93. The molecule has 1 aliphatic rings. The molecule has 0 radical (unpaired) electrons. The minimum atomic E-state index is -1.33. The largest absolute Gasteiger partial charge is 0.437 e. The topological polar surface area (TPSA) is 93.3 Å². The van der Waals surface area contributed by atoms with Crippen molar-refractivity contribution < 1.29 is 14.9 Å². The average molecular weight is 433 g/mol. The Morgan fingerprint density at radius 2 is 2.11 bits per heavy atom. The van der Waals surface area contributed by atoms with Crippen LogP contribution in [0.2, 0.25) is 0 Å². The summed E-state index contributed by atoms with van der Waals surface area (Å²) in [6.45, 7) is 3.95. The summed E-state index contributed by atoms with van der Waals surface area (Å²) in [5.74, 6) is 1.45. The molecule has 2 heterocycles. The van der Waals surface area contributed by atoms with Gasteiger partial charge in [0, 0.05) is 18.3 Å². The Balaban J connectivity index is 1.67. The highest BCUT2D eigenvalue weighted by atomic mass is 79.9. The van der Waals surface area contributed by atoms with E-state index in [9.17, 15) is 10.2 Å². The average Bonchev–Trinajstić information content (AvgIpc) is 3.35. The quantitative estimate of drug-likeness (QED) is 0.617. The normalized spacial score (nSPS) is 15.9. The maximum Gasteiger partial charge on any atom is 0.225 e. The molecule has 3 aromatic rings. The van der Waals surface area contributed by atoms with Crippen molar-refractivity contribution in [2.75, 3.05) is 0 Å². The number of fused-ring (bicyclic) bond motifs is 1. The van der Waals surface area contributed by atoms with Gasteiger partial charge in [-0.3, -0.25) is 0 Å². The van der Waals surface area contributed by atoms with Crippen molar-refractivity contribution in [1.29, 1.82) is 0 Å². The van der Waals surface area contributed by atoms with E-state index in [0.29, 0.717) is 27.2 Å². The number of benzene rings is 1. The van der Waals surface area contributed by atoms with Crippen molar-refractivity contribution in [3.05, 3.63) is 40.5 Å². The Hall–Kier alpha value is -2.03. The molecule has 2 N–H and O–H groups in total. The Morgan fingerprint density at radius 1 is 1.33 bits per heavy atom. The number of ether oxygens (including phenoxy) is 1. The molecule has 0 saturated heterocycles. The van der Waals surface area contributed by atoms with Crippen LogP contribution in [0.4, 0.5) is 0 Å². The van der Waals surface area contributed by atoms with Gasteiger partial charge in [-0.2, -0.15) is 0 Å². The van der Waals surface area contributed by atoms with Crippen molar-refractivity contribution in [3.8, 4) is 11.6 Å². The van der Waals surface area contributed by atoms with Crippen molar-refractivity contribution >= 4 is 27.0 Å². The highest BCUT2D eigenvalue weighted by Crippen LogP contribution is 2.38. The van der Waals surface area contributed by atoms with Crippen molar-refractivity contribution in [2.45, 2.75) is 44.9 Å². The molecule has 1 saturated carbocycles. The van der Waals surface area contributed by atoms with Crippen molar-refractivity contribution in [1.82, 2.24) is 20.0 Å². The van der Waals surface area contributed by atoms with Gasteiger partial charge in [0.15, 0.2) is 0 Å². The summed E-state index contributed by atoms with van der Waals surface area (Å²) >= 11 is 3.56. The second-order valence-corrected chi connectivity index (χ2v) is 8.31. The van der Waals surface area contributed by atoms with Crippen molar-refractivity contribution in [3.63, 3.8) is 0 Å². The number of pyridine rings is 1. The maximum atomic E-state index is 10.4. The second kappa shape index (κ2) is 6.85. The molecule has 2 aromatic heterocycles. The number of nitrogens with zero attached hydrogens (tertiary/aromatic N) is 4. The molecule has 142 valence electrons. The van der Waals surface area contributed by atoms with E-state index in [-0.39, 0.29) is 5.88 Å². The summed E-state index contributed by atoms with van der Waals surface area (Å²) in [7, 11) is 0. The minimum absolute atomic E-state index is 0.234. The minimum Gasteiger partial charge on any atom is -0.437 e. The fraction of sp³-hybridized carbons (Fsp3) is 0.421. The van der Waals surface area contributed by atoms with Gasteiger partial charge in [0.2, 0.25) is 5.88 Å². The third kappa shape index (κ3) is 3.69.